The molecule has 5 heteroatoms. The van der Waals surface area contributed by atoms with Crippen molar-refractivity contribution in [2.45, 2.75) is 29.5 Å². The lowest BCUT2D eigenvalue weighted by Crippen LogP contribution is -1.95. The van der Waals surface area contributed by atoms with Gasteiger partial charge in [-0.3, -0.25) is 0 Å². The number of nitrogens with zero attached hydrogens (tertiary/aromatic N) is 3. The van der Waals surface area contributed by atoms with Gasteiger partial charge in [-0.25, -0.2) is 9.67 Å². The highest BCUT2D eigenvalue weighted by Crippen LogP contribution is 2.26. The van der Waals surface area contributed by atoms with Crippen molar-refractivity contribution >= 4 is 11.8 Å². The summed E-state index contributed by atoms with van der Waals surface area (Å²) in [4.78, 5) is 5.24. The van der Waals surface area contributed by atoms with Crippen molar-refractivity contribution in [3.8, 4) is 0 Å². The molecule has 0 radical (unpaired) electrons. The first-order valence-electron chi connectivity index (χ1n) is 5.50. The Kier molecular flexibility index (Phi) is 3.81. The number of aliphatic hydroxyl groups excluding tert-OH is 1. The Morgan fingerprint density at radius 2 is 2.06 bits per heavy atom. The Bertz CT molecular complexity index is 481. The predicted octanol–water partition coefficient (Wildman–Crippen LogP) is 2.41. The Hall–Kier alpha value is -1.33. The molecule has 0 spiro atoms. The van der Waals surface area contributed by atoms with Crippen LogP contribution in [0.15, 0.2) is 40.6 Å². The Labute approximate surface area is 105 Å². The highest BCUT2D eigenvalue weighted by molar-refractivity contribution is 7.99. The van der Waals surface area contributed by atoms with Crippen LogP contribution in [-0.2, 0) is 7.05 Å². The summed E-state index contributed by atoms with van der Waals surface area (Å²) in [6, 6.07) is 7.89. The molecule has 0 fully saturated rings. The second-order valence-corrected chi connectivity index (χ2v) is 4.80. The third-order valence-electron chi connectivity index (χ3n) is 2.53. The van der Waals surface area contributed by atoms with E-state index in [4.69, 9.17) is 0 Å². The van der Waals surface area contributed by atoms with Gasteiger partial charge in [-0.15, -0.1) is 0 Å². The molecule has 1 atom stereocenters. The van der Waals surface area contributed by atoms with Gasteiger partial charge in [0.2, 0.25) is 0 Å². The van der Waals surface area contributed by atoms with E-state index in [0.717, 1.165) is 22.0 Å². The number of aromatic nitrogens is 3. The molecule has 1 aromatic carbocycles. The van der Waals surface area contributed by atoms with E-state index in [1.54, 1.807) is 16.4 Å². The normalized spacial score (nSPS) is 12.6. The molecule has 2 rings (SSSR count). The minimum Gasteiger partial charge on any atom is -0.388 e. The fourth-order valence-electron chi connectivity index (χ4n) is 1.48. The fourth-order valence-corrected chi connectivity index (χ4v) is 2.24. The molecule has 0 aliphatic heterocycles. The van der Waals surface area contributed by atoms with Gasteiger partial charge in [-0.2, -0.15) is 5.10 Å². The lowest BCUT2D eigenvalue weighted by molar-refractivity contribution is 0.173. The zero-order valence-corrected chi connectivity index (χ0v) is 10.7. The van der Waals surface area contributed by atoms with Gasteiger partial charge in [-0.05, 0) is 24.1 Å². The van der Waals surface area contributed by atoms with Crippen LogP contribution in [0.4, 0.5) is 0 Å². The zero-order chi connectivity index (χ0) is 12.3. The van der Waals surface area contributed by atoms with Crippen LogP contribution in [0.2, 0.25) is 0 Å². The minimum atomic E-state index is -0.371. The van der Waals surface area contributed by atoms with E-state index in [1.165, 1.54) is 6.33 Å². The van der Waals surface area contributed by atoms with Crippen LogP contribution >= 0.6 is 11.8 Å². The molecule has 1 aromatic heterocycles. The summed E-state index contributed by atoms with van der Waals surface area (Å²) < 4.78 is 1.74. The molecule has 1 heterocycles. The summed E-state index contributed by atoms with van der Waals surface area (Å²) in [6.45, 7) is 1.97. The molecular weight excluding hydrogens is 234 g/mol. The summed E-state index contributed by atoms with van der Waals surface area (Å²) >= 11 is 1.56. The largest absolute Gasteiger partial charge is 0.388 e. The number of hydrogen-bond donors (Lipinski definition) is 1. The third-order valence-corrected chi connectivity index (χ3v) is 3.59. The molecule has 4 nitrogen and oxygen atoms in total. The van der Waals surface area contributed by atoms with E-state index in [1.807, 2.05) is 38.2 Å². The second-order valence-electron chi connectivity index (χ2n) is 3.76. The zero-order valence-electron chi connectivity index (χ0n) is 9.87. The first-order chi connectivity index (χ1) is 8.20. The van der Waals surface area contributed by atoms with E-state index in [2.05, 4.69) is 10.1 Å². The van der Waals surface area contributed by atoms with Crippen molar-refractivity contribution in [3.05, 3.63) is 36.2 Å². The average molecular weight is 249 g/mol. The Morgan fingerprint density at radius 3 is 2.59 bits per heavy atom. The van der Waals surface area contributed by atoms with Gasteiger partial charge in [0.1, 0.15) is 6.33 Å². The molecule has 90 valence electrons. The highest BCUT2D eigenvalue weighted by atomic mass is 32.2. The Morgan fingerprint density at radius 1 is 1.35 bits per heavy atom. The van der Waals surface area contributed by atoms with Gasteiger partial charge in [0.15, 0.2) is 5.16 Å². The van der Waals surface area contributed by atoms with Crippen LogP contribution in [-0.4, -0.2) is 19.9 Å². The van der Waals surface area contributed by atoms with Crippen molar-refractivity contribution in [3.63, 3.8) is 0 Å². The first-order valence-corrected chi connectivity index (χ1v) is 6.32. The quantitative estimate of drug-likeness (QED) is 0.904. The second kappa shape index (κ2) is 5.33. The molecule has 0 aliphatic rings. The molecule has 0 amide bonds. The van der Waals surface area contributed by atoms with Crippen molar-refractivity contribution < 1.29 is 5.11 Å². The van der Waals surface area contributed by atoms with E-state index in [0.29, 0.717) is 0 Å². The monoisotopic (exact) mass is 249 g/mol. The molecule has 0 saturated heterocycles. The summed E-state index contributed by atoms with van der Waals surface area (Å²) in [5.74, 6) is 0. The SMILES string of the molecule is CCC(O)c1ccc(Sc2ncnn2C)cc1. The number of hydrogen-bond acceptors (Lipinski definition) is 4. The predicted molar refractivity (Wildman–Crippen MR) is 66.8 cm³/mol. The summed E-state index contributed by atoms with van der Waals surface area (Å²) in [5, 5.41) is 14.6. The van der Waals surface area contributed by atoms with E-state index in [9.17, 15) is 5.11 Å². The maximum absolute atomic E-state index is 9.69. The highest BCUT2D eigenvalue weighted by Gasteiger charge is 2.06. The number of aliphatic hydroxyl groups is 1. The van der Waals surface area contributed by atoms with Gasteiger partial charge in [0, 0.05) is 11.9 Å². The van der Waals surface area contributed by atoms with Gasteiger partial charge in [-0.1, -0.05) is 30.8 Å². The average Bonchev–Trinajstić information content (AvgIpc) is 2.75. The van der Waals surface area contributed by atoms with Gasteiger partial charge >= 0.3 is 0 Å². The number of benzene rings is 1. The molecule has 0 saturated carbocycles. The van der Waals surface area contributed by atoms with Gasteiger partial charge in [0.25, 0.3) is 0 Å². The van der Waals surface area contributed by atoms with Crippen LogP contribution in [0.25, 0.3) is 0 Å². The van der Waals surface area contributed by atoms with Crippen LogP contribution in [0, 0.1) is 0 Å². The summed E-state index contributed by atoms with van der Waals surface area (Å²) in [5.41, 5.74) is 0.954. The standard InChI is InChI=1S/C12H15N3OS/c1-3-11(16)9-4-6-10(7-5-9)17-12-13-8-14-15(12)2/h4-8,11,16H,3H2,1-2H3. The topological polar surface area (TPSA) is 50.9 Å². The summed E-state index contributed by atoms with van der Waals surface area (Å²) in [7, 11) is 1.87. The molecular formula is C12H15N3OS. The number of rotatable bonds is 4. The summed E-state index contributed by atoms with van der Waals surface area (Å²) in [6.07, 6.45) is 1.90. The molecule has 0 aliphatic carbocycles. The van der Waals surface area contributed by atoms with Crippen molar-refractivity contribution in [2.24, 2.45) is 7.05 Å². The van der Waals surface area contributed by atoms with E-state index >= 15 is 0 Å². The third kappa shape index (κ3) is 2.87. The van der Waals surface area contributed by atoms with Crippen LogP contribution in [0.5, 0.6) is 0 Å². The van der Waals surface area contributed by atoms with Crippen LogP contribution < -0.4 is 0 Å². The smallest absolute Gasteiger partial charge is 0.190 e. The van der Waals surface area contributed by atoms with E-state index in [-0.39, 0.29) is 6.10 Å². The molecule has 1 unspecified atom stereocenters. The molecule has 2 aromatic rings. The van der Waals surface area contributed by atoms with Gasteiger partial charge in [0.05, 0.1) is 6.10 Å². The first kappa shape index (κ1) is 12.1. The molecule has 17 heavy (non-hydrogen) atoms. The lowest BCUT2D eigenvalue weighted by atomic mass is 10.1. The van der Waals surface area contributed by atoms with Crippen molar-refractivity contribution in [2.75, 3.05) is 0 Å². The molecule has 0 bridgehead atoms. The van der Waals surface area contributed by atoms with Crippen LogP contribution in [0.3, 0.4) is 0 Å². The maximum Gasteiger partial charge on any atom is 0.190 e. The van der Waals surface area contributed by atoms with Crippen LogP contribution in [0.1, 0.15) is 25.0 Å². The van der Waals surface area contributed by atoms with Gasteiger partial charge < -0.3 is 5.11 Å². The van der Waals surface area contributed by atoms with Crippen molar-refractivity contribution in [1.82, 2.24) is 14.8 Å². The molecule has 1 N–H and O–H groups in total. The van der Waals surface area contributed by atoms with E-state index < -0.39 is 0 Å². The van der Waals surface area contributed by atoms with Crippen molar-refractivity contribution in [1.29, 1.82) is 0 Å². The minimum absolute atomic E-state index is 0.371. The maximum atomic E-state index is 9.69. The number of aryl methyl sites for hydroxylation is 1. The lowest BCUT2D eigenvalue weighted by Gasteiger charge is -2.08. The fraction of sp³-hybridized carbons (Fsp3) is 0.333. The Balaban J connectivity index is 2.11.